The summed E-state index contributed by atoms with van der Waals surface area (Å²) in [7, 11) is -0.913. The van der Waals surface area contributed by atoms with Crippen molar-refractivity contribution in [1.29, 1.82) is 0 Å². The highest BCUT2D eigenvalue weighted by Gasteiger charge is 2.59. The van der Waals surface area contributed by atoms with Crippen molar-refractivity contribution in [1.82, 2.24) is 9.80 Å². The zero-order chi connectivity index (χ0) is 28.9. The van der Waals surface area contributed by atoms with Crippen LogP contribution in [0.15, 0.2) is 48.2 Å². The Morgan fingerprint density at radius 2 is 1.79 bits per heavy atom. The van der Waals surface area contributed by atoms with E-state index in [0.717, 1.165) is 30.4 Å². The number of hydrogen-bond donors (Lipinski definition) is 0. The molecule has 215 valence electrons. The molecule has 0 aromatic carbocycles. The van der Waals surface area contributed by atoms with Crippen molar-refractivity contribution in [3.8, 4) is 0 Å². The molecule has 39 heavy (non-hydrogen) atoms. The monoisotopic (exact) mass is 557 g/mol. The molecule has 1 unspecified atom stereocenters. The van der Waals surface area contributed by atoms with Crippen LogP contribution in [0.2, 0.25) is 13.1 Å². The molecule has 4 atom stereocenters. The zero-order valence-corrected chi connectivity index (χ0v) is 25.5. The Labute approximate surface area is 235 Å². The van der Waals surface area contributed by atoms with E-state index in [9.17, 15) is 14.4 Å². The molecule has 0 bridgehead atoms. The van der Waals surface area contributed by atoms with Gasteiger partial charge in [-0.15, -0.1) is 0 Å². The van der Waals surface area contributed by atoms with Gasteiger partial charge in [-0.2, -0.15) is 0 Å². The number of esters is 1. The fraction of sp³-hybridized carbons (Fsp3) is 0.633. The van der Waals surface area contributed by atoms with E-state index in [1.807, 2.05) is 13.0 Å². The van der Waals surface area contributed by atoms with Crippen molar-refractivity contribution in [3.05, 3.63) is 48.2 Å². The molecule has 3 rings (SSSR count). The molecular weight excluding hydrogens is 512 g/mol. The summed E-state index contributed by atoms with van der Waals surface area (Å²) in [4.78, 5) is 43.0. The van der Waals surface area contributed by atoms with Crippen LogP contribution in [-0.2, 0) is 23.5 Å². The number of carbonyl (C=O) groups is 3. The maximum atomic E-state index is 13.7. The molecular formula is C30H45N2O6Si. The van der Waals surface area contributed by atoms with Crippen LogP contribution in [0.5, 0.6) is 0 Å². The van der Waals surface area contributed by atoms with Gasteiger partial charge in [0.1, 0.15) is 18.9 Å². The lowest BCUT2D eigenvalue weighted by atomic mass is 9.66. The molecule has 9 heteroatoms. The Kier molecular flexibility index (Phi) is 10.4. The first-order chi connectivity index (χ1) is 18.4. The van der Waals surface area contributed by atoms with E-state index in [1.165, 1.54) is 6.08 Å². The summed E-state index contributed by atoms with van der Waals surface area (Å²) in [6.07, 6.45) is 8.03. The van der Waals surface area contributed by atoms with Crippen LogP contribution in [0.4, 0.5) is 4.79 Å². The number of piperidine rings is 1. The number of ether oxygens (including phenoxy) is 2. The highest BCUT2D eigenvalue weighted by Crippen LogP contribution is 2.51. The fourth-order valence-electron chi connectivity index (χ4n) is 5.83. The number of fused-ring (bicyclic) bond motifs is 1. The van der Waals surface area contributed by atoms with Crippen molar-refractivity contribution >= 4 is 27.0 Å². The van der Waals surface area contributed by atoms with E-state index in [0.29, 0.717) is 25.3 Å². The van der Waals surface area contributed by atoms with Gasteiger partial charge in [-0.3, -0.25) is 4.79 Å². The quantitative estimate of drug-likeness (QED) is 0.149. The van der Waals surface area contributed by atoms with Crippen LogP contribution >= 0.6 is 0 Å². The molecule has 0 aromatic rings. The minimum Gasteiger partial charge on any atom is -0.457 e. The van der Waals surface area contributed by atoms with Gasteiger partial charge in [0, 0.05) is 13.2 Å². The van der Waals surface area contributed by atoms with Crippen molar-refractivity contribution in [2.24, 2.45) is 17.3 Å². The predicted molar refractivity (Wildman–Crippen MR) is 153 cm³/mol. The van der Waals surface area contributed by atoms with Gasteiger partial charge in [-0.05, 0) is 68.2 Å². The minimum atomic E-state index is -0.913. The van der Waals surface area contributed by atoms with Crippen LogP contribution in [-0.4, -0.2) is 75.3 Å². The summed E-state index contributed by atoms with van der Waals surface area (Å²) in [5.41, 5.74) is 1.86. The Bertz CT molecular complexity index is 1030. The molecule has 0 spiro atoms. The van der Waals surface area contributed by atoms with E-state index < -0.39 is 15.0 Å². The third-order valence-electron chi connectivity index (χ3n) is 7.86. The SMILES string of the molecule is C=CCOC(=O)C1=C(C(C)=CC2CCCCN2C(=O)OCC=C)C[C@@H]2[C@H]([C@@H](CO[Si](C)C)C(C)(C)C)C(=O)N12. The average molecular weight is 558 g/mol. The van der Waals surface area contributed by atoms with Gasteiger partial charge in [0.05, 0.1) is 18.0 Å². The molecule has 3 heterocycles. The zero-order valence-electron chi connectivity index (χ0n) is 24.5. The summed E-state index contributed by atoms with van der Waals surface area (Å²) in [5, 5.41) is 0. The lowest BCUT2D eigenvalue weighted by Crippen LogP contribution is -2.63. The average Bonchev–Trinajstić information content (AvgIpc) is 3.23. The van der Waals surface area contributed by atoms with Crippen LogP contribution in [0.3, 0.4) is 0 Å². The van der Waals surface area contributed by atoms with Crippen LogP contribution in [0.1, 0.15) is 53.4 Å². The van der Waals surface area contributed by atoms with Gasteiger partial charge in [-0.25, -0.2) is 9.59 Å². The predicted octanol–water partition coefficient (Wildman–Crippen LogP) is 5.25. The third-order valence-corrected chi connectivity index (χ3v) is 8.60. The Morgan fingerprint density at radius 3 is 2.41 bits per heavy atom. The van der Waals surface area contributed by atoms with E-state index in [1.54, 1.807) is 15.9 Å². The Balaban J connectivity index is 1.94. The molecule has 3 aliphatic heterocycles. The molecule has 2 amide bonds. The third kappa shape index (κ3) is 6.92. The number of rotatable bonds is 11. The molecule has 1 radical (unpaired) electrons. The standard InChI is InChI=1S/C30H45N2O6Si/c1-9-15-36-28(34)26-22(20(3)17-21-13-11-12-14-31(21)29(35)37-16-10-2)18-24-25(27(33)32(24)26)23(30(4,5)6)19-38-39(7)8/h9-10,17,21,23-25H,1-2,11-16,18-19H2,3-8H3/t21?,23-,24-,25+/m1/s1. The van der Waals surface area contributed by atoms with Crippen LogP contribution in [0.25, 0.3) is 0 Å². The molecule has 8 nitrogen and oxygen atoms in total. The van der Waals surface area contributed by atoms with E-state index in [4.69, 9.17) is 13.9 Å². The second-order valence-electron chi connectivity index (χ2n) is 11.9. The second kappa shape index (κ2) is 13.1. The van der Waals surface area contributed by atoms with Gasteiger partial charge in [0.2, 0.25) is 14.9 Å². The largest absolute Gasteiger partial charge is 0.457 e. The molecule has 0 saturated carbocycles. The first-order valence-corrected chi connectivity index (χ1v) is 16.3. The molecule has 0 N–H and O–H groups in total. The Hall–Kier alpha value is -2.65. The van der Waals surface area contributed by atoms with Crippen molar-refractivity contribution in [2.75, 3.05) is 26.4 Å². The lowest BCUT2D eigenvalue weighted by molar-refractivity contribution is -0.163. The highest BCUT2D eigenvalue weighted by atomic mass is 28.3. The highest BCUT2D eigenvalue weighted by molar-refractivity contribution is 6.48. The first-order valence-electron chi connectivity index (χ1n) is 13.9. The van der Waals surface area contributed by atoms with Gasteiger partial charge in [-0.1, -0.05) is 52.2 Å². The molecule has 2 fully saturated rings. The molecule has 2 saturated heterocycles. The molecule has 0 aliphatic carbocycles. The normalized spacial score (nSPS) is 24.3. The molecule has 0 aromatic heterocycles. The van der Waals surface area contributed by atoms with Gasteiger partial charge in [0.15, 0.2) is 0 Å². The summed E-state index contributed by atoms with van der Waals surface area (Å²) >= 11 is 0. The first kappa shape index (κ1) is 30.9. The number of β-lactam (4-membered cyclic amide) rings is 1. The second-order valence-corrected chi connectivity index (χ2v) is 14.0. The van der Waals surface area contributed by atoms with Crippen LogP contribution < -0.4 is 0 Å². The topological polar surface area (TPSA) is 85.4 Å². The number of hydrogen-bond acceptors (Lipinski definition) is 6. The number of allylic oxidation sites excluding steroid dienone is 1. The van der Waals surface area contributed by atoms with E-state index in [-0.39, 0.29) is 54.5 Å². The summed E-state index contributed by atoms with van der Waals surface area (Å²) in [5.74, 6) is -0.785. The summed E-state index contributed by atoms with van der Waals surface area (Å²) in [6.45, 7) is 21.2. The van der Waals surface area contributed by atoms with Gasteiger partial charge in [0.25, 0.3) is 0 Å². The van der Waals surface area contributed by atoms with Crippen molar-refractivity contribution in [3.63, 3.8) is 0 Å². The maximum Gasteiger partial charge on any atom is 0.410 e. The number of likely N-dealkylation sites (tertiary alicyclic amines) is 1. The Morgan fingerprint density at radius 1 is 1.13 bits per heavy atom. The van der Waals surface area contributed by atoms with Gasteiger partial charge < -0.3 is 23.7 Å². The minimum absolute atomic E-state index is 0.0219. The maximum absolute atomic E-state index is 13.7. The number of carbonyl (C=O) groups excluding carboxylic acids is 3. The summed E-state index contributed by atoms with van der Waals surface area (Å²) < 4.78 is 16.9. The van der Waals surface area contributed by atoms with Crippen LogP contribution in [0, 0.1) is 17.3 Å². The van der Waals surface area contributed by atoms with Crippen molar-refractivity contribution < 1.29 is 28.3 Å². The molecule has 3 aliphatic rings. The van der Waals surface area contributed by atoms with Gasteiger partial charge >= 0.3 is 12.1 Å². The fourth-order valence-corrected chi connectivity index (χ4v) is 6.35. The number of amides is 2. The smallest absolute Gasteiger partial charge is 0.410 e. The van der Waals surface area contributed by atoms with E-state index >= 15 is 0 Å². The number of nitrogens with zero attached hydrogens (tertiary/aromatic N) is 2. The summed E-state index contributed by atoms with van der Waals surface area (Å²) in [6, 6.07) is -0.279. The van der Waals surface area contributed by atoms with E-state index in [2.05, 4.69) is 47.0 Å². The van der Waals surface area contributed by atoms with Crippen molar-refractivity contribution in [2.45, 2.75) is 78.6 Å². The lowest BCUT2D eigenvalue weighted by Gasteiger charge is -2.50.